The van der Waals surface area contributed by atoms with Crippen LogP contribution in [0.1, 0.15) is 23.4 Å². The van der Waals surface area contributed by atoms with Crippen molar-refractivity contribution in [3.8, 4) is 0 Å². The Kier molecular flexibility index (Phi) is 4.20. The molecular weight excluding hydrogens is 305 g/mol. The summed E-state index contributed by atoms with van der Waals surface area (Å²) in [4.78, 5) is 0.906. The van der Waals surface area contributed by atoms with E-state index in [0.29, 0.717) is 5.56 Å². The molecule has 1 atom stereocenters. The number of hydrogen-bond acceptors (Lipinski definition) is 4. The highest BCUT2D eigenvalue weighted by atomic mass is 79.9. The number of aromatic nitrogens is 2. The first-order valence-electron chi connectivity index (χ1n) is 5.18. The highest BCUT2D eigenvalue weighted by Gasteiger charge is 2.19. The van der Waals surface area contributed by atoms with Gasteiger partial charge in [-0.05, 0) is 36.3 Å². The molecule has 1 unspecified atom stereocenters. The van der Waals surface area contributed by atoms with Crippen LogP contribution in [0.5, 0.6) is 0 Å². The quantitative estimate of drug-likeness (QED) is 0.942. The van der Waals surface area contributed by atoms with Crippen LogP contribution in [0.25, 0.3) is 0 Å². The van der Waals surface area contributed by atoms with Gasteiger partial charge in [0.15, 0.2) is 0 Å². The number of halogens is 2. The molecule has 0 aliphatic heterocycles. The van der Waals surface area contributed by atoms with Crippen molar-refractivity contribution in [3.63, 3.8) is 0 Å². The maximum Gasteiger partial charge on any atom is 0.128 e. The van der Waals surface area contributed by atoms with Gasteiger partial charge in [0.25, 0.3) is 0 Å². The Morgan fingerprint density at radius 3 is 3.00 bits per heavy atom. The van der Waals surface area contributed by atoms with Crippen molar-refractivity contribution in [3.05, 3.63) is 45.1 Å². The number of nitrogens with zero attached hydrogens (tertiary/aromatic N) is 2. The molecule has 1 aromatic heterocycles. The summed E-state index contributed by atoms with van der Waals surface area (Å²) in [6, 6.07) is 4.73. The van der Waals surface area contributed by atoms with Gasteiger partial charge in [0.1, 0.15) is 5.82 Å². The van der Waals surface area contributed by atoms with Crippen molar-refractivity contribution < 1.29 is 4.39 Å². The predicted octanol–water partition coefficient (Wildman–Crippen LogP) is 3.14. The van der Waals surface area contributed by atoms with Crippen molar-refractivity contribution in [1.29, 1.82) is 0 Å². The Labute approximate surface area is 111 Å². The zero-order chi connectivity index (χ0) is 12.3. The van der Waals surface area contributed by atoms with Crippen molar-refractivity contribution in [1.82, 2.24) is 14.9 Å². The number of hydrogen-bond donors (Lipinski definition) is 1. The van der Waals surface area contributed by atoms with Crippen LogP contribution in [0, 0.1) is 5.82 Å². The van der Waals surface area contributed by atoms with Gasteiger partial charge in [-0.15, -0.1) is 5.10 Å². The summed E-state index contributed by atoms with van der Waals surface area (Å²) in [5, 5.41) is 7.04. The number of benzene rings is 1. The van der Waals surface area contributed by atoms with Crippen LogP contribution in [0.2, 0.25) is 0 Å². The lowest BCUT2D eigenvalue weighted by molar-refractivity contribution is 0.562. The molecule has 0 spiro atoms. The molecule has 2 aromatic rings. The molecule has 2 rings (SSSR count). The van der Waals surface area contributed by atoms with Gasteiger partial charge >= 0.3 is 0 Å². The van der Waals surface area contributed by atoms with E-state index in [-0.39, 0.29) is 11.9 Å². The van der Waals surface area contributed by atoms with E-state index in [0.717, 1.165) is 15.9 Å². The van der Waals surface area contributed by atoms with Crippen LogP contribution in [0.4, 0.5) is 4.39 Å². The van der Waals surface area contributed by atoms with Crippen molar-refractivity contribution in [2.75, 3.05) is 6.54 Å². The molecule has 0 fully saturated rings. The van der Waals surface area contributed by atoms with Gasteiger partial charge in [0, 0.05) is 10.0 Å². The summed E-state index contributed by atoms with van der Waals surface area (Å²) in [6.07, 6.45) is 1.67. The summed E-state index contributed by atoms with van der Waals surface area (Å²) in [7, 11) is 0. The maximum absolute atomic E-state index is 13.8. The molecule has 1 heterocycles. The van der Waals surface area contributed by atoms with E-state index in [4.69, 9.17) is 0 Å². The standard InChI is InChI=1S/C11H11BrFN3S/c1-2-14-11(10-6-15-16-17-10)8-5-7(12)3-4-9(8)13/h3-6,11,14H,2H2,1H3. The third-order valence-electron chi connectivity index (χ3n) is 2.34. The van der Waals surface area contributed by atoms with Gasteiger partial charge in [-0.1, -0.05) is 27.3 Å². The van der Waals surface area contributed by atoms with Crippen LogP contribution in [0.15, 0.2) is 28.9 Å². The van der Waals surface area contributed by atoms with Gasteiger partial charge in [0.05, 0.1) is 17.1 Å². The minimum atomic E-state index is -0.229. The Morgan fingerprint density at radius 1 is 1.53 bits per heavy atom. The topological polar surface area (TPSA) is 37.8 Å². The van der Waals surface area contributed by atoms with Gasteiger partial charge in [-0.2, -0.15) is 0 Å². The zero-order valence-corrected chi connectivity index (χ0v) is 11.6. The van der Waals surface area contributed by atoms with Gasteiger partial charge in [-0.25, -0.2) is 4.39 Å². The molecule has 1 N–H and O–H groups in total. The molecule has 6 heteroatoms. The van der Waals surface area contributed by atoms with E-state index >= 15 is 0 Å². The number of nitrogens with one attached hydrogen (secondary N) is 1. The average molecular weight is 316 g/mol. The third-order valence-corrected chi connectivity index (χ3v) is 3.56. The lowest BCUT2D eigenvalue weighted by Gasteiger charge is -2.16. The van der Waals surface area contributed by atoms with Crippen LogP contribution in [-0.2, 0) is 0 Å². The molecule has 1 aromatic carbocycles. The minimum absolute atomic E-state index is 0.197. The Hall–Kier alpha value is -0.850. The van der Waals surface area contributed by atoms with E-state index in [1.54, 1.807) is 18.3 Å². The third kappa shape index (κ3) is 2.88. The minimum Gasteiger partial charge on any atom is -0.306 e. The molecule has 0 saturated heterocycles. The lowest BCUT2D eigenvalue weighted by atomic mass is 10.1. The SMILES string of the molecule is CCNC(c1cnns1)c1cc(Br)ccc1F. The lowest BCUT2D eigenvalue weighted by Crippen LogP contribution is -2.22. The molecular formula is C11H11BrFN3S. The average Bonchev–Trinajstić information content (AvgIpc) is 2.83. The summed E-state index contributed by atoms with van der Waals surface area (Å²) in [6.45, 7) is 2.73. The fourth-order valence-corrected chi connectivity index (χ4v) is 2.58. The second-order valence-corrected chi connectivity index (χ2v) is 5.21. The normalized spacial score (nSPS) is 12.6. The molecule has 0 aliphatic carbocycles. The van der Waals surface area contributed by atoms with Crippen LogP contribution < -0.4 is 5.32 Å². The molecule has 0 aliphatic rings. The number of rotatable bonds is 4. The summed E-state index contributed by atoms with van der Waals surface area (Å²) in [5.74, 6) is -0.229. The molecule has 0 radical (unpaired) electrons. The Bertz CT molecular complexity index is 489. The van der Waals surface area contributed by atoms with Crippen molar-refractivity contribution in [2.45, 2.75) is 13.0 Å². The molecule has 17 heavy (non-hydrogen) atoms. The fraction of sp³-hybridized carbons (Fsp3) is 0.273. The molecule has 0 bridgehead atoms. The van der Waals surface area contributed by atoms with Gasteiger partial charge in [-0.3, -0.25) is 0 Å². The Balaban J connectivity index is 2.42. The second-order valence-electron chi connectivity index (χ2n) is 3.48. The van der Waals surface area contributed by atoms with Gasteiger partial charge < -0.3 is 5.32 Å². The van der Waals surface area contributed by atoms with Crippen molar-refractivity contribution >= 4 is 27.5 Å². The zero-order valence-electron chi connectivity index (χ0n) is 9.15. The second kappa shape index (κ2) is 5.66. The molecule has 90 valence electrons. The van der Waals surface area contributed by atoms with Crippen molar-refractivity contribution in [2.24, 2.45) is 0 Å². The smallest absolute Gasteiger partial charge is 0.128 e. The first-order valence-corrected chi connectivity index (χ1v) is 6.74. The summed E-state index contributed by atoms with van der Waals surface area (Å²) >= 11 is 4.63. The molecule has 0 amide bonds. The maximum atomic E-state index is 13.8. The van der Waals surface area contributed by atoms with E-state index in [1.807, 2.05) is 6.92 Å². The highest BCUT2D eigenvalue weighted by Crippen LogP contribution is 2.28. The first-order chi connectivity index (χ1) is 8.22. The van der Waals surface area contributed by atoms with Crippen LogP contribution >= 0.6 is 27.5 Å². The molecule has 3 nitrogen and oxygen atoms in total. The first kappa shape index (κ1) is 12.6. The van der Waals surface area contributed by atoms with Crippen LogP contribution in [0.3, 0.4) is 0 Å². The van der Waals surface area contributed by atoms with E-state index in [1.165, 1.54) is 17.6 Å². The fourth-order valence-electron chi connectivity index (χ4n) is 1.61. The van der Waals surface area contributed by atoms with E-state index in [9.17, 15) is 4.39 Å². The largest absolute Gasteiger partial charge is 0.306 e. The van der Waals surface area contributed by atoms with E-state index < -0.39 is 0 Å². The summed E-state index contributed by atoms with van der Waals surface area (Å²) < 4.78 is 18.5. The van der Waals surface area contributed by atoms with Gasteiger partial charge in [0.2, 0.25) is 0 Å². The van der Waals surface area contributed by atoms with Crippen LogP contribution in [-0.4, -0.2) is 16.1 Å². The van der Waals surface area contributed by atoms with E-state index in [2.05, 4.69) is 30.8 Å². The Morgan fingerprint density at radius 2 is 2.35 bits per heavy atom. The highest BCUT2D eigenvalue weighted by molar-refractivity contribution is 9.10. The molecule has 0 saturated carbocycles. The monoisotopic (exact) mass is 315 g/mol. The predicted molar refractivity (Wildman–Crippen MR) is 69.5 cm³/mol. The summed E-state index contributed by atoms with van der Waals surface area (Å²) in [5.41, 5.74) is 0.604.